The van der Waals surface area contributed by atoms with Crippen molar-refractivity contribution in [2.24, 2.45) is 11.3 Å². The van der Waals surface area contributed by atoms with Crippen LogP contribution in [-0.4, -0.2) is 23.7 Å². The highest BCUT2D eigenvalue weighted by Crippen LogP contribution is 2.29. The lowest BCUT2D eigenvalue weighted by Gasteiger charge is -2.26. The Balaban J connectivity index is 2.60. The van der Waals surface area contributed by atoms with Crippen molar-refractivity contribution in [2.45, 2.75) is 33.2 Å². The van der Waals surface area contributed by atoms with Gasteiger partial charge in [-0.15, -0.1) is 0 Å². The van der Waals surface area contributed by atoms with Gasteiger partial charge in [-0.25, -0.2) is 0 Å². The zero-order valence-electron chi connectivity index (χ0n) is 7.92. The molecule has 0 aromatic carbocycles. The first-order chi connectivity index (χ1) is 5.45. The van der Waals surface area contributed by atoms with Crippen LogP contribution in [0.4, 0.5) is 0 Å². The molecule has 70 valence electrons. The maximum atomic E-state index is 11.2. The van der Waals surface area contributed by atoms with Crippen molar-refractivity contribution in [3.8, 4) is 0 Å². The van der Waals surface area contributed by atoms with Crippen LogP contribution in [0.2, 0.25) is 0 Å². The predicted octanol–water partition coefficient (Wildman–Crippen LogP) is 0.529. The number of aliphatic hydroxyl groups is 1. The smallest absolute Gasteiger partial charge is 0.225 e. The zero-order chi connectivity index (χ0) is 9.35. The van der Waals surface area contributed by atoms with E-state index >= 15 is 0 Å². The normalized spacial score (nSPS) is 30.5. The molecule has 3 heteroatoms. The summed E-state index contributed by atoms with van der Waals surface area (Å²) in [6.07, 6.45) is 0.763. The van der Waals surface area contributed by atoms with Gasteiger partial charge in [-0.2, -0.15) is 0 Å². The number of hydrogen-bond acceptors (Lipinski definition) is 2. The molecule has 0 bridgehead atoms. The van der Waals surface area contributed by atoms with E-state index in [0.717, 1.165) is 6.42 Å². The summed E-state index contributed by atoms with van der Waals surface area (Å²) in [4.78, 5) is 11.2. The molecule has 0 aromatic heterocycles. The molecule has 1 aliphatic heterocycles. The number of amides is 1. The summed E-state index contributed by atoms with van der Waals surface area (Å²) in [7, 11) is 0. The average molecular weight is 171 g/mol. The topological polar surface area (TPSA) is 49.3 Å². The van der Waals surface area contributed by atoms with Crippen molar-refractivity contribution in [3.63, 3.8) is 0 Å². The minimum atomic E-state index is -0.186. The van der Waals surface area contributed by atoms with Crippen molar-refractivity contribution in [3.05, 3.63) is 0 Å². The molecule has 0 spiro atoms. The summed E-state index contributed by atoms with van der Waals surface area (Å²) in [6, 6.07) is 0.210. The predicted molar refractivity (Wildman–Crippen MR) is 46.6 cm³/mol. The minimum absolute atomic E-state index is 0.00238. The first kappa shape index (κ1) is 9.52. The minimum Gasteiger partial charge on any atom is -0.396 e. The summed E-state index contributed by atoms with van der Waals surface area (Å²) < 4.78 is 0. The van der Waals surface area contributed by atoms with E-state index in [4.69, 9.17) is 5.11 Å². The Morgan fingerprint density at radius 3 is 2.42 bits per heavy atom. The fourth-order valence-electron chi connectivity index (χ4n) is 1.47. The Kier molecular flexibility index (Phi) is 2.42. The Morgan fingerprint density at radius 1 is 1.58 bits per heavy atom. The molecule has 3 nitrogen and oxygen atoms in total. The van der Waals surface area contributed by atoms with Gasteiger partial charge in [-0.1, -0.05) is 20.8 Å². The van der Waals surface area contributed by atoms with Crippen LogP contribution < -0.4 is 5.32 Å². The van der Waals surface area contributed by atoms with Gasteiger partial charge in [0.05, 0.1) is 12.5 Å². The second kappa shape index (κ2) is 3.05. The number of hydrogen-bond donors (Lipinski definition) is 2. The van der Waals surface area contributed by atoms with E-state index in [2.05, 4.69) is 26.1 Å². The Bertz CT molecular complexity index is 183. The van der Waals surface area contributed by atoms with Crippen molar-refractivity contribution in [2.75, 3.05) is 6.61 Å². The molecule has 1 amide bonds. The summed E-state index contributed by atoms with van der Waals surface area (Å²) in [6.45, 7) is 6.26. The first-order valence-electron chi connectivity index (χ1n) is 4.36. The first-order valence-corrected chi connectivity index (χ1v) is 4.36. The van der Waals surface area contributed by atoms with Crippen molar-refractivity contribution in [1.82, 2.24) is 5.32 Å². The fourth-order valence-corrected chi connectivity index (χ4v) is 1.47. The van der Waals surface area contributed by atoms with Gasteiger partial charge in [-0.05, 0) is 11.8 Å². The van der Waals surface area contributed by atoms with Gasteiger partial charge in [0.1, 0.15) is 0 Å². The van der Waals surface area contributed by atoms with Crippen molar-refractivity contribution >= 4 is 5.91 Å². The van der Waals surface area contributed by atoms with Gasteiger partial charge in [0, 0.05) is 6.04 Å². The largest absolute Gasteiger partial charge is 0.396 e. The molecule has 0 aliphatic carbocycles. The zero-order valence-corrected chi connectivity index (χ0v) is 7.92. The summed E-state index contributed by atoms with van der Waals surface area (Å²) in [5.74, 6) is -0.188. The van der Waals surface area contributed by atoms with Crippen LogP contribution in [-0.2, 0) is 4.79 Å². The number of carbonyl (C=O) groups is 1. The third kappa shape index (κ3) is 1.78. The molecule has 1 rings (SSSR count). The lowest BCUT2D eigenvalue weighted by Crippen LogP contribution is -2.36. The fraction of sp³-hybridized carbons (Fsp3) is 0.889. The molecule has 1 heterocycles. The second-order valence-corrected chi connectivity index (χ2v) is 4.54. The third-order valence-electron chi connectivity index (χ3n) is 2.47. The SMILES string of the molecule is CC(C)(C)C1CC(CO)C(=O)N1. The molecule has 0 saturated carbocycles. The van der Waals surface area contributed by atoms with E-state index in [1.807, 2.05) is 0 Å². The van der Waals surface area contributed by atoms with Crippen molar-refractivity contribution in [1.29, 1.82) is 0 Å². The monoisotopic (exact) mass is 171 g/mol. The second-order valence-electron chi connectivity index (χ2n) is 4.54. The molecule has 0 radical (unpaired) electrons. The van der Waals surface area contributed by atoms with Gasteiger partial charge in [0.15, 0.2) is 0 Å². The highest BCUT2D eigenvalue weighted by Gasteiger charge is 2.37. The highest BCUT2D eigenvalue weighted by atomic mass is 16.3. The van der Waals surface area contributed by atoms with E-state index in [1.54, 1.807) is 0 Å². The Hall–Kier alpha value is -0.570. The highest BCUT2D eigenvalue weighted by molar-refractivity contribution is 5.81. The summed E-state index contributed by atoms with van der Waals surface area (Å²) in [5, 5.41) is 11.8. The number of nitrogens with one attached hydrogen (secondary N) is 1. The lowest BCUT2D eigenvalue weighted by molar-refractivity contribution is -0.123. The average Bonchev–Trinajstić information content (AvgIpc) is 2.29. The van der Waals surface area contributed by atoms with Gasteiger partial charge in [0.25, 0.3) is 0 Å². The van der Waals surface area contributed by atoms with Gasteiger partial charge in [-0.3, -0.25) is 4.79 Å². The molecule has 12 heavy (non-hydrogen) atoms. The number of carbonyl (C=O) groups excluding carboxylic acids is 1. The molecular weight excluding hydrogens is 154 g/mol. The maximum Gasteiger partial charge on any atom is 0.225 e. The van der Waals surface area contributed by atoms with Crippen molar-refractivity contribution < 1.29 is 9.90 Å². The van der Waals surface area contributed by atoms with Crippen LogP contribution in [0.15, 0.2) is 0 Å². The molecule has 1 fully saturated rings. The molecule has 1 aliphatic rings. The maximum absolute atomic E-state index is 11.2. The van der Waals surface area contributed by atoms with E-state index in [1.165, 1.54) is 0 Å². The molecule has 2 unspecified atom stereocenters. The van der Waals surface area contributed by atoms with Crippen LogP contribution in [0.3, 0.4) is 0 Å². The number of rotatable bonds is 1. The third-order valence-corrected chi connectivity index (χ3v) is 2.47. The number of aliphatic hydroxyl groups excluding tert-OH is 1. The lowest BCUT2D eigenvalue weighted by atomic mass is 9.84. The standard InChI is InChI=1S/C9H17NO2/c1-9(2,3)7-4-6(5-11)8(12)10-7/h6-7,11H,4-5H2,1-3H3,(H,10,12). The van der Waals surface area contributed by atoms with Crippen LogP contribution in [0, 0.1) is 11.3 Å². The van der Waals surface area contributed by atoms with E-state index in [-0.39, 0.29) is 29.9 Å². The Morgan fingerprint density at radius 2 is 2.17 bits per heavy atom. The van der Waals surface area contributed by atoms with E-state index < -0.39 is 0 Å². The van der Waals surface area contributed by atoms with Crippen LogP contribution in [0.25, 0.3) is 0 Å². The molecule has 2 N–H and O–H groups in total. The van der Waals surface area contributed by atoms with Gasteiger partial charge < -0.3 is 10.4 Å². The Labute approximate surface area is 73.2 Å². The van der Waals surface area contributed by atoms with E-state index in [9.17, 15) is 4.79 Å². The van der Waals surface area contributed by atoms with Gasteiger partial charge >= 0.3 is 0 Å². The summed E-state index contributed by atoms with van der Waals surface area (Å²) in [5.41, 5.74) is 0.0968. The molecule has 0 aromatic rings. The molecule has 1 saturated heterocycles. The van der Waals surface area contributed by atoms with Crippen LogP contribution in [0.5, 0.6) is 0 Å². The van der Waals surface area contributed by atoms with Gasteiger partial charge in [0.2, 0.25) is 5.91 Å². The molecular formula is C9H17NO2. The summed E-state index contributed by atoms with van der Waals surface area (Å²) >= 11 is 0. The quantitative estimate of drug-likeness (QED) is 0.604. The van der Waals surface area contributed by atoms with Crippen LogP contribution in [0.1, 0.15) is 27.2 Å². The van der Waals surface area contributed by atoms with E-state index in [0.29, 0.717) is 0 Å². The van der Waals surface area contributed by atoms with Crippen LogP contribution >= 0.6 is 0 Å². The molecule has 2 atom stereocenters.